The van der Waals surface area contributed by atoms with Crippen molar-refractivity contribution in [3.63, 3.8) is 0 Å². The quantitative estimate of drug-likeness (QED) is 0.0718. The third-order valence-corrected chi connectivity index (χ3v) is 9.06. The van der Waals surface area contributed by atoms with Gasteiger partial charge in [0.25, 0.3) is 11.8 Å². The topological polar surface area (TPSA) is 74.3 Å². The van der Waals surface area contributed by atoms with Gasteiger partial charge in [-0.2, -0.15) is 0 Å². The van der Waals surface area contributed by atoms with Crippen LogP contribution in [-0.2, 0) is 38.8 Å². The third-order valence-electron chi connectivity index (χ3n) is 9.06. The number of imide groups is 1. The van der Waals surface area contributed by atoms with Crippen LogP contribution in [0.1, 0.15) is 56.7 Å². The summed E-state index contributed by atoms with van der Waals surface area (Å²) in [6.45, 7) is 5.76. The highest BCUT2D eigenvalue weighted by molar-refractivity contribution is 6.21. The summed E-state index contributed by atoms with van der Waals surface area (Å²) in [6, 6.07) is 36.2. The Bertz CT molecular complexity index is 1590. The minimum atomic E-state index is -0.726. The van der Waals surface area contributed by atoms with Crippen LogP contribution in [0.3, 0.4) is 0 Å². The molecule has 2 amide bonds. The van der Waals surface area contributed by atoms with Crippen molar-refractivity contribution < 1.29 is 28.5 Å². The van der Waals surface area contributed by atoms with E-state index in [0.717, 1.165) is 29.5 Å². The van der Waals surface area contributed by atoms with E-state index >= 15 is 0 Å². The molecule has 1 aliphatic heterocycles. The van der Waals surface area contributed by atoms with Gasteiger partial charge < -0.3 is 18.9 Å². The van der Waals surface area contributed by atoms with Gasteiger partial charge in [0.1, 0.15) is 6.10 Å². The van der Waals surface area contributed by atoms with Crippen molar-refractivity contribution in [2.24, 2.45) is 5.92 Å². The summed E-state index contributed by atoms with van der Waals surface area (Å²) >= 11 is 0. The maximum Gasteiger partial charge on any atom is 0.261 e. The fourth-order valence-corrected chi connectivity index (χ4v) is 6.69. The van der Waals surface area contributed by atoms with E-state index in [1.807, 2.05) is 97.1 Å². The molecular weight excluding hydrogens is 602 g/mol. The Hall–Kier alpha value is -4.40. The molecule has 248 valence electrons. The first-order valence-corrected chi connectivity index (χ1v) is 16.8. The van der Waals surface area contributed by atoms with Crippen molar-refractivity contribution in [1.29, 1.82) is 0 Å². The molecule has 0 N–H and O–H groups in total. The molecule has 0 bridgehead atoms. The van der Waals surface area contributed by atoms with Gasteiger partial charge in [-0.05, 0) is 48.1 Å². The zero-order chi connectivity index (χ0) is 33.1. The van der Waals surface area contributed by atoms with E-state index < -0.39 is 24.4 Å². The predicted molar refractivity (Wildman–Crippen MR) is 184 cm³/mol. The molecule has 1 fully saturated rings. The van der Waals surface area contributed by atoms with Crippen LogP contribution in [0.15, 0.2) is 128 Å². The van der Waals surface area contributed by atoms with E-state index in [0.29, 0.717) is 44.0 Å². The molecule has 0 spiro atoms. The Morgan fingerprint density at radius 2 is 1.15 bits per heavy atom. The van der Waals surface area contributed by atoms with Crippen molar-refractivity contribution in [1.82, 2.24) is 4.90 Å². The second-order valence-electron chi connectivity index (χ2n) is 12.4. The molecule has 2 aliphatic rings. The highest BCUT2D eigenvalue weighted by atomic mass is 16.6. The summed E-state index contributed by atoms with van der Waals surface area (Å²) in [7, 11) is 0. The largest absolute Gasteiger partial charge is 0.376 e. The van der Waals surface area contributed by atoms with Crippen LogP contribution in [0, 0.1) is 5.92 Å². The number of fused-ring (bicyclic) bond motifs is 1. The maximum atomic E-state index is 14.1. The predicted octanol–water partition coefficient (Wildman–Crippen LogP) is 7.41. The zero-order valence-electron chi connectivity index (χ0n) is 27.2. The molecule has 0 aromatic heterocycles. The lowest BCUT2D eigenvalue weighted by molar-refractivity contribution is -0.193. The normalized spacial score (nSPS) is 22.1. The lowest BCUT2D eigenvalue weighted by Gasteiger charge is -2.48. The van der Waals surface area contributed by atoms with Gasteiger partial charge >= 0.3 is 0 Å². The molecule has 5 unspecified atom stereocenters. The van der Waals surface area contributed by atoms with E-state index in [4.69, 9.17) is 18.9 Å². The zero-order valence-corrected chi connectivity index (χ0v) is 27.2. The Morgan fingerprint density at radius 3 is 1.69 bits per heavy atom. The maximum absolute atomic E-state index is 14.1. The number of rotatable bonds is 16. The van der Waals surface area contributed by atoms with Crippen LogP contribution < -0.4 is 0 Å². The number of carbonyl (C=O) groups excluding carboxylic acids is 2. The summed E-state index contributed by atoms with van der Waals surface area (Å²) in [5, 5.41) is 0. The molecule has 1 saturated carbocycles. The van der Waals surface area contributed by atoms with Crippen LogP contribution in [0.2, 0.25) is 0 Å². The van der Waals surface area contributed by atoms with Gasteiger partial charge in [-0.1, -0.05) is 109 Å². The number of allylic oxidation sites excluding steroid dienone is 1. The van der Waals surface area contributed by atoms with Gasteiger partial charge in [-0.15, -0.1) is 6.58 Å². The summed E-state index contributed by atoms with van der Waals surface area (Å²) in [4.78, 5) is 29.5. The Labute approximate surface area is 283 Å². The summed E-state index contributed by atoms with van der Waals surface area (Å²) in [5.41, 5.74) is 3.86. The average molecular weight is 646 g/mol. The lowest BCUT2D eigenvalue weighted by atomic mass is 9.78. The second-order valence-corrected chi connectivity index (χ2v) is 12.4. The Balaban J connectivity index is 1.36. The SMILES string of the molecule is C=CCCCOC1CC(COCc2ccccc2)C(OCc2ccccc2)C(OCc2ccccc2)C1N1C(=O)c2ccccc2C1=O. The van der Waals surface area contributed by atoms with E-state index in [1.165, 1.54) is 4.90 Å². The number of hydrogen-bond acceptors (Lipinski definition) is 6. The number of hydrogen-bond donors (Lipinski definition) is 0. The summed E-state index contributed by atoms with van der Waals surface area (Å²) < 4.78 is 26.6. The first-order valence-electron chi connectivity index (χ1n) is 16.8. The molecule has 7 nitrogen and oxygen atoms in total. The smallest absolute Gasteiger partial charge is 0.261 e. The number of nitrogens with zero attached hydrogens (tertiary/aromatic N) is 1. The molecule has 0 radical (unpaired) electrons. The molecule has 7 heteroatoms. The van der Waals surface area contributed by atoms with Crippen LogP contribution in [0.25, 0.3) is 0 Å². The van der Waals surface area contributed by atoms with Crippen molar-refractivity contribution in [3.05, 3.63) is 156 Å². The number of ether oxygens (including phenoxy) is 4. The van der Waals surface area contributed by atoms with E-state index in [1.54, 1.807) is 24.3 Å². The number of carbonyl (C=O) groups is 2. The molecule has 5 atom stereocenters. The molecule has 1 aliphatic carbocycles. The van der Waals surface area contributed by atoms with Gasteiger partial charge in [0.15, 0.2) is 0 Å². The van der Waals surface area contributed by atoms with Gasteiger partial charge in [0, 0.05) is 12.5 Å². The van der Waals surface area contributed by atoms with E-state index in [2.05, 4.69) is 6.58 Å². The minimum Gasteiger partial charge on any atom is -0.376 e. The fraction of sp³-hybridized carbons (Fsp3) is 0.317. The Kier molecular flexibility index (Phi) is 11.6. The minimum absolute atomic E-state index is 0.144. The van der Waals surface area contributed by atoms with E-state index in [9.17, 15) is 9.59 Å². The second kappa shape index (κ2) is 16.6. The molecular formula is C41H43NO6. The standard InChI is InChI=1S/C41H43NO6/c1-2-3-15-24-46-36-25-33(29-45-26-30-16-7-4-8-17-30)38(47-27-31-18-9-5-10-19-31)39(48-28-32-20-11-6-12-21-32)37(36)42-40(43)34-22-13-14-23-35(34)41(42)44/h2,4-14,16-23,33,36-39H,1,3,15,24-29H2. The average Bonchev–Trinajstić information content (AvgIpc) is 3.38. The van der Waals surface area contributed by atoms with Gasteiger partial charge in [-0.25, -0.2) is 0 Å². The molecule has 0 saturated heterocycles. The highest BCUT2D eigenvalue weighted by Crippen LogP contribution is 2.39. The Morgan fingerprint density at radius 1 is 0.646 bits per heavy atom. The molecule has 4 aromatic rings. The third kappa shape index (κ3) is 8.00. The molecule has 6 rings (SSSR count). The summed E-state index contributed by atoms with van der Waals surface area (Å²) in [6.07, 6.45) is 2.25. The van der Waals surface area contributed by atoms with Gasteiger partial charge in [0.05, 0.1) is 55.8 Å². The van der Waals surface area contributed by atoms with Crippen LogP contribution in [-0.4, -0.2) is 54.3 Å². The van der Waals surface area contributed by atoms with Gasteiger partial charge in [0.2, 0.25) is 0 Å². The summed E-state index contributed by atoms with van der Waals surface area (Å²) in [5.74, 6) is -0.822. The van der Waals surface area contributed by atoms with Gasteiger partial charge in [-0.3, -0.25) is 14.5 Å². The highest BCUT2D eigenvalue weighted by Gasteiger charge is 2.54. The number of unbranched alkanes of at least 4 members (excludes halogenated alkanes) is 1. The number of benzene rings is 4. The van der Waals surface area contributed by atoms with Crippen LogP contribution >= 0.6 is 0 Å². The van der Waals surface area contributed by atoms with Crippen molar-refractivity contribution >= 4 is 11.8 Å². The van der Waals surface area contributed by atoms with Crippen molar-refractivity contribution in [2.75, 3.05) is 13.2 Å². The number of amides is 2. The molecule has 48 heavy (non-hydrogen) atoms. The fourth-order valence-electron chi connectivity index (χ4n) is 6.69. The molecule has 1 heterocycles. The van der Waals surface area contributed by atoms with Crippen molar-refractivity contribution in [3.8, 4) is 0 Å². The van der Waals surface area contributed by atoms with Crippen LogP contribution in [0.4, 0.5) is 0 Å². The van der Waals surface area contributed by atoms with E-state index in [-0.39, 0.29) is 24.3 Å². The monoisotopic (exact) mass is 645 g/mol. The lowest BCUT2D eigenvalue weighted by Crippen LogP contribution is -2.64. The van der Waals surface area contributed by atoms with Crippen molar-refractivity contribution in [2.45, 2.75) is 63.4 Å². The molecule has 4 aromatic carbocycles. The first-order chi connectivity index (χ1) is 23.6. The van der Waals surface area contributed by atoms with Crippen LogP contribution in [0.5, 0.6) is 0 Å². The first kappa shape index (κ1) is 33.5.